The highest BCUT2D eigenvalue weighted by molar-refractivity contribution is 9.10. The fourth-order valence-electron chi connectivity index (χ4n) is 1.24. The summed E-state index contributed by atoms with van der Waals surface area (Å²) in [4.78, 5) is 4.21. The van der Waals surface area contributed by atoms with E-state index in [0.717, 1.165) is 21.1 Å². The number of pyridine rings is 1. The Hall–Kier alpha value is -0.800. The summed E-state index contributed by atoms with van der Waals surface area (Å²) < 4.78 is 5.97. The standard InChI is InChI=1S/C10H7BrClNO/c1-14-6-2-3-7-9(4-6)13-5-8(12)10(7)11/h2-5H,1H3. The Labute approximate surface area is 95.0 Å². The van der Waals surface area contributed by atoms with Crippen LogP contribution < -0.4 is 4.74 Å². The van der Waals surface area contributed by atoms with Gasteiger partial charge in [0.1, 0.15) is 5.75 Å². The third-order valence-corrected chi connectivity index (χ3v) is 3.34. The topological polar surface area (TPSA) is 22.1 Å². The summed E-state index contributed by atoms with van der Waals surface area (Å²) in [5.74, 6) is 0.791. The van der Waals surface area contributed by atoms with Crippen molar-refractivity contribution in [3.05, 3.63) is 33.9 Å². The van der Waals surface area contributed by atoms with Crippen molar-refractivity contribution in [2.75, 3.05) is 7.11 Å². The van der Waals surface area contributed by atoms with Crippen molar-refractivity contribution >= 4 is 38.4 Å². The number of ether oxygens (including phenoxy) is 1. The van der Waals surface area contributed by atoms with E-state index in [9.17, 15) is 0 Å². The number of aromatic nitrogens is 1. The first-order chi connectivity index (χ1) is 6.72. The quantitative estimate of drug-likeness (QED) is 0.790. The second kappa shape index (κ2) is 3.75. The molecule has 1 aromatic heterocycles. The van der Waals surface area contributed by atoms with Gasteiger partial charge in [-0.2, -0.15) is 0 Å². The third-order valence-electron chi connectivity index (χ3n) is 1.97. The van der Waals surface area contributed by atoms with Crippen LogP contribution in [0.25, 0.3) is 10.9 Å². The van der Waals surface area contributed by atoms with Gasteiger partial charge in [0, 0.05) is 22.1 Å². The van der Waals surface area contributed by atoms with Gasteiger partial charge in [0.25, 0.3) is 0 Å². The summed E-state index contributed by atoms with van der Waals surface area (Å²) in [6.07, 6.45) is 1.62. The van der Waals surface area contributed by atoms with Gasteiger partial charge in [-0.3, -0.25) is 4.98 Å². The lowest BCUT2D eigenvalue weighted by molar-refractivity contribution is 0.415. The van der Waals surface area contributed by atoms with Crippen LogP contribution in [0.3, 0.4) is 0 Å². The molecule has 1 aromatic carbocycles. The van der Waals surface area contributed by atoms with Crippen LogP contribution in [-0.4, -0.2) is 12.1 Å². The number of rotatable bonds is 1. The number of hydrogen-bond acceptors (Lipinski definition) is 2. The zero-order valence-electron chi connectivity index (χ0n) is 7.42. The van der Waals surface area contributed by atoms with Gasteiger partial charge in [0.15, 0.2) is 0 Å². The molecule has 1 heterocycles. The van der Waals surface area contributed by atoms with Crippen LogP contribution in [0.4, 0.5) is 0 Å². The number of nitrogens with zero attached hydrogens (tertiary/aromatic N) is 1. The Morgan fingerprint density at radius 1 is 1.43 bits per heavy atom. The normalized spacial score (nSPS) is 10.5. The predicted molar refractivity (Wildman–Crippen MR) is 61.0 cm³/mol. The maximum Gasteiger partial charge on any atom is 0.121 e. The molecule has 0 saturated heterocycles. The van der Waals surface area contributed by atoms with Gasteiger partial charge in [-0.25, -0.2) is 0 Å². The Balaban J connectivity index is 2.74. The Bertz CT molecular complexity index is 487. The van der Waals surface area contributed by atoms with Crippen molar-refractivity contribution in [3.63, 3.8) is 0 Å². The Kier molecular flexibility index (Phi) is 2.61. The molecule has 2 rings (SSSR count). The number of hydrogen-bond donors (Lipinski definition) is 0. The van der Waals surface area contributed by atoms with Crippen molar-refractivity contribution in [3.8, 4) is 5.75 Å². The molecule has 0 fully saturated rings. The third kappa shape index (κ3) is 1.57. The first-order valence-corrected chi connectivity index (χ1v) is 5.17. The van der Waals surface area contributed by atoms with Crippen LogP contribution in [0.2, 0.25) is 5.02 Å². The highest BCUT2D eigenvalue weighted by Gasteiger charge is 2.04. The summed E-state index contributed by atoms with van der Waals surface area (Å²) in [6.45, 7) is 0. The van der Waals surface area contributed by atoms with Crippen molar-refractivity contribution in [2.45, 2.75) is 0 Å². The average Bonchev–Trinajstić information content (AvgIpc) is 2.23. The first kappa shape index (κ1) is 9.74. The molecular weight excluding hydrogens is 265 g/mol. The van der Waals surface area contributed by atoms with E-state index in [1.165, 1.54) is 0 Å². The summed E-state index contributed by atoms with van der Waals surface area (Å²) in [5.41, 5.74) is 0.862. The molecule has 0 amide bonds. The van der Waals surface area contributed by atoms with E-state index < -0.39 is 0 Å². The molecule has 0 saturated carbocycles. The van der Waals surface area contributed by atoms with Crippen molar-refractivity contribution in [1.29, 1.82) is 0 Å². The first-order valence-electron chi connectivity index (χ1n) is 4.00. The molecule has 0 aliphatic heterocycles. The van der Waals surface area contributed by atoms with Crippen LogP contribution in [0.5, 0.6) is 5.75 Å². The molecule has 14 heavy (non-hydrogen) atoms. The summed E-state index contributed by atoms with van der Waals surface area (Å²) >= 11 is 9.34. The highest BCUT2D eigenvalue weighted by Crippen LogP contribution is 2.31. The minimum absolute atomic E-state index is 0.614. The molecule has 2 nitrogen and oxygen atoms in total. The lowest BCUT2D eigenvalue weighted by Crippen LogP contribution is -1.85. The molecule has 0 spiro atoms. The lowest BCUT2D eigenvalue weighted by Gasteiger charge is -2.04. The Morgan fingerprint density at radius 3 is 2.93 bits per heavy atom. The molecule has 0 radical (unpaired) electrons. The van der Waals surface area contributed by atoms with Gasteiger partial charge in [-0.1, -0.05) is 11.6 Å². The lowest BCUT2D eigenvalue weighted by atomic mass is 10.2. The van der Waals surface area contributed by atoms with Crippen molar-refractivity contribution in [2.24, 2.45) is 0 Å². The number of benzene rings is 1. The van der Waals surface area contributed by atoms with Gasteiger partial charge >= 0.3 is 0 Å². The minimum atomic E-state index is 0.614. The maximum atomic E-state index is 5.92. The summed E-state index contributed by atoms with van der Waals surface area (Å²) in [5, 5.41) is 1.60. The molecule has 4 heteroatoms. The Morgan fingerprint density at radius 2 is 2.21 bits per heavy atom. The molecule has 2 aromatic rings. The summed E-state index contributed by atoms with van der Waals surface area (Å²) in [6, 6.07) is 5.68. The molecule has 0 aliphatic carbocycles. The largest absolute Gasteiger partial charge is 0.497 e. The van der Waals surface area contributed by atoms with E-state index in [2.05, 4.69) is 20.9 Å². The van der Waals surface area contributed by atoms with Gasteiger partial charge in [-0.15, -0.1) is 0 Å². The van der Waals surface area contributed by atoms with Crippen LogP contribution >= 0.6 is 27.5 Å². The average molecular weight is 273 g/mol. The van der Waals surface area contributed by atoms with E-state index in [0.29, 0.717) is 5.02 Å². The fraction of sp³-hybridized carbons (Fsp3) is 0.100. The van der Waals surface area contributed by atoms with Crippen LogP contribution in [0.1, 0.15) is 0 Å². The maximum absolute atomic E-state index is 5.92. The van der Waals surface area contributed by atoms with Crippen LogP contribution in [0.15, 0.2) is 28.9 Å². The highest BCUT2D eigenvalue weighted by atomic mass is 79.9. The van der Waals surface area contributed by atoms with E-state index in [-0.39, 0.29) is 0 Å². The van der Waals surface area contributed by atoms with Crippen molar-refractivity contribution < 1.29 is 4.74 Å². The van der Waals surface area contributed by atoms with Crippen LogP contribution in [-0.2, 0) is 0 Å². The predicted octanol–water partition coefficient (Wildman–Crippen LogP) is 3.66. The molecule has 0 atom stereocenters. The molecular formula is C10H7BrClNO. The molecule has 0 aliphatic rings. The van der Waals surface area contributed by atoms with Crippen LogP contribution in [0, 0.1) is 0 Å². The molecule has 0 bridgehead atoms. The number of halogens is 2. The van der Waals surface area contributed by atoms with Gasteiger partial charge in [-0.05, 0) is 28.1 Å². The zero-order chi connectivity index (χ0) is 10.1. The summed E-state index contributed by atoms with van der Waals surface area (Å²) in [7, 11) is 1.63. The van der Waals surface area contributed by atoms with Gasteiger partial charge in [0.05, 0.1) is 17.6 Å². The molecule has 0 N–H and O–H groups in total. The van der Waals surface area contributed by atoms with E-state index >= 15 is 0 Å². The minimum Gasteiger partial charge on any atom is -0.497 e. The van der Waals surface area contributed by atoms with Gasteiger partial charge in [0.2, 0.25) is 0 Å². The van der Waals surface area contributed by atoms with E-state index in [1.807, 2.05) is 18.2 Å². The van der Waals surface area contributed by atoms with E-state index in [4.69, 9.17) is 16.3 Å². The second-order valence-corrected chi connectivity index (χ2v) is 4.00. The fourth-order valence-corrected chi connectivity index (χ4v) is 1.83. The smallest absolute Gasteiger partial charge is 0.121 e. The van der Waals surface area contributed by atoms with Crippen molar-refractivity contribution in [1.82, 2.24) is 4.98 Å². The zero-order valence-corrected chi connectivity index (χ0v) is 9.76. The SMILES string of the molecule is COc1ccc2c(Br)c(Cl)cnc2c1. The van der Waals surface area contributed by atoms with Gasteiger partial charge < -0.3 is 4.74 Å². The molecule has 0 unspecified atom stereocenters. The second-order valence-electron chi connectivity index (χ2n) is 2.80. The number of fused-ring (bicyclic) bond motifs is 1. The van der Waals surface area contributed by atoms with E-state index in [1.54, 1.807) is 13.3 Å². The monoisotopic (exact) mass is 271 g/mol. The molecule has 72 valence electrons. The number of methoxy groups -OCH3 is 1.